The molecule has 1 heterocycles. The van der Waals surface area contributed by atoms with E-state index >= 15 is 0 Å². The fourth-order valence-electron chi connectivity index (χ4n) is 0.485. The standard InChI is InChI=1S/C7H6N/c1-2-8-6-4-3-5-7-8/h1,3-7H/q+1. The van der Waals surface area contributed by atoms with Crippen LogP contribution in [-0.2, 0) is 0 Å². The van der Waals surface area contributed by atoms with Crippen molar-refractivity contribution < 1.29 is 4.57 Å². The van der Waals surface area contributed by atoms with Gasteiger partial charge in [0.2, 0.25) is 6.04 Å². The first-order valence-corrected chi connectivity index (χ1v) is 2.36. The molecule has 0 atom stereocenters. The number of hydrogen-bond acceptors (Lipinski definition) is 0. The Labute approximate surface area is 48.6 Å². The SMILES string of the molecule is C#C[n+]1ccccc1. The molecular formula is C7H6N+. The van der Waals surface area contributed by atoms with Gasteiger partial charge in [-0.05, 0) is 6.42 Å². The molecule has 0 fully saturated rings. The van der Waals surface area contributed by atoms with E-state index < -0.39 is 0 Å². The summed E-state index contributed by atoms with van der Waals surface area (Å²) in [6, 6.07) is 8.15. The number of pyridine rings is 1. The molecule has 0 saturated carbocycles. The fourth-order valence-corrected chi connectivity index (χ4v) is 0.485. The van der Waals surface area contributed by atoms with E-state index in [1.54, 1.807) is 4.57 Å². The Morgan fingerprint density at radius 2 is 1.75 bits per heavy atom. The van der Waals surface area contributed by atoms with Crippen LogP contribution in [0.25, 0.3) is 0 Å². The molecule has 0 aliphatic rings. The van der Waals surface area contributed by atoms with Crippen LogP contribution in [0.4, 0.5) is 0 Å². The van der Waals surface area contributed by atoms with E-state index in [0.717, 1.165) is 0 Å². The van der Waals surface area contributed by atoms with Gasteiger partial charge in [-0.15, -0.1) is 4.57 Å². The third kappa shape index (κ3) is 0.855. The average Bonchev–Trinajstić information content (AvgIpc) is 1.90. The van der Waals surface area contributed by atoms with Gasteiger partial charge in [0, 0.05) is 12.1 Å². The highest BCUT2D eigenvalue weighted by molar-refractivity contribution is 4.86. The molecule has 0 saturated heterocycles. The first-order valence-electron chi connectivity index (χ1n) is 2.36. The molecule has 0 unspecified atom stereocenters. The van der Waals surface area contributed by atoms with Gasteiger partial charge in [-0.25, -0.2) is 0 Å². The minimum absolute atomic E-state index is 1.65. The van der Waals surface area contributed by atoms with Crippen molar-refractivity contribution in [3.63, 3.8) is 0 Å². The summed E-state index contributed by atoms with van der Waals surface area (Å²) in [5.41, 5.74) is 0. The minimum Gasteiger partial charge on any atom is -0.119 e. The molecule has 0 aromatic carbocycles. The number of terminal acetylenes is 1. The zero-order valence-electron chi connectivity index (χ0n) is 4.41. The molecule has 1 aromatic heterocycles. The maximum atomic E-state index is 5.06. The number of rotatable bonds is 0. The van der Waals surface area contributed by atoms with Crippen LogP contribution in [0.15, 0.2) is 30.6 Å². The van der Waals surface area contributed by atoms with Gasteiger partial charge >= 0.3 is 0 Å². The third-order valence-corrected chi connectivity index (χ3v) is 0.865. The second-order valence-electron chi connectivity index (χ2n) is 1.41. The third-order valence-electron chi connectivity index (χ3n) is 0.865. The van der Waals surface area contributed by atoms with Gasteiger partial charge in [0.1, 0.15) is 0 Å². The molecule has 0 spiro atoms. The largest absolute Gasteiger partial charge is 0.225 e. The average molecular weight is 104 g/mol. The maximum Gasteiger partial charge on any atom is 0.225 e. The number of aromatic nitrogens is 1. The lowest BCUT2D eigenvalue weighted by Gasteiger charge is -1.75. The molecule has 0 aliphatic carbocycles. The highest BCUT2D eigenvalue weighted by atomic mass is 14.9. The van der Waals surface area contributed by atoms with Crippen LogP contribution in [0.5, 0.6) is 0 Å². The van der Waals surface area contributed by atoms with Crippen LogP contribution in [0.3, 0.4) is 0 Å². The van der Waals surface area contributed by atoms with E-state index in [4.69, 9.17) is 6.42 Å². The monoisotopic (exact) mass is 104 g/mol. The zero-order chi connectivity index (χ0) is 5.82. The van der Waals surface area contributed by atoms with Crippen molar-refractivity contribution in [2.45, 2.75) is 0 Å². The van der Waals surface area contributed by atoms with Gasteiger partial charge in [-0.3, -0.25) is 0 Å². The van der Waals surface area contributed by atoms with Crippen LogP contribution in [0.2, 0.25) is 0 Å². The maximum absolute atomic E-state index is 5.06. The van der Waals surface area contributed by atoms with Crippen molar-refractivity contribution in [2.75, 3.05) is 0 Å². The molecule has 0 aliphatic heterocycles. The lowest BCUT2D eigenvalue weighted by Crippen LogP contribution is -2.25. The van der Waals surface area contributed by atoms with E-state index in [1.807, 2.05) is 30.6 Å². The van der Waals surface area contributed by atoms with Crippen LogP contribution in [0.1, 0.15) is 0 Å². The Morgan fingerprint density at radius 3 is 2.12 bits per heavy atom. The Morgan fingerprint density at radius 1 is 1.12 bits per heavy atom. The molecule has 8 heavy (non-hydrogen) atoms. The predicted molar refractivity (Wildman–Crippen MR) is 30.9 cm³/mol. The van der Waals surface area contributed by atoms with Crippen molar-refractivity contribution >= 4 is 0 Å². The zero-order valence-corrected chi connectivity index (χ0v) is 4.41. The van der Waals surface area contributed by atoms with Gasteiger partial charge < -0.3 is 0 Å². The second-order valence-corrected chi connectivity index (χ2v) is 1.41. The summed E-state index contributed by atoms with van der Waals surface area (Å²) in [6.45, 7) is 0. The van der Waals surface area contributed by atoms with Gasteiger partial charge in [0.15, 0.2) is 12.4 Å². The van der Waals surface area contributed by atoms with Crippen molar-refractivity contribution in [2.24, 2.45) is 0 Å². The Hall–Kier alpha value is -1.29. The first kappa shape index (κ1) is 4.86. The second kappa shape index (κ2) is 2.13. The summed E-state index contributed by atoms with van der Waals surface area (Å²) in [5, 5.41) is 0. The lowest BCUT2D eigenvalue weighted by molar-refractivity contribution is -0.583. The van der Waals surface area contributed by atoms with Crippen molar-refractivity contribution in [3.8, 4) is 12.5 Å². The summed E-state index contributed by atoms with van der Waals surface area (Å²) in [6.07, 6.45) is 8.70. The van der Waals surface area contributed by atoms with E-state index in [2.05, 4.69) is 6.04 Å². The quantitative estimate of drug-likeness (QED) is 0.331. The molecule has 1 rings (SSSR count). The molecule has 0 radical (unpaired) electrons. The fraction of sp³-hybridized carbons (Fsp3) is 0. The van der Waals surface area contributed by atoms with Crippen molar-refractivity contribution in [1.82, 2.24) is 0 Å². The van der Waals surface area contributed by atoms with Crippen LogP contribution in [0, 0.1) is 12.5 Å². The first-order chi connectivity index (χ1) is 3.93. The van der Waals surface area contributed by atoms with E-state index in [-0.39, 0.29) is 0 Å². The minimum atomic E-state index is 1.65. The Kier molecular flexibility index (Phi) is 1.29. The van der Waals surface area contributed by atoms with Gasteiger partial charge in [-0.2, -0.15) is 0 Å². The molecule has 0 bridgehead atoms. The Bertz CT molecular complexity index is 195. The smallest absolute Gasteiger partial charge is 0.119 e. The number of hydrogen-bond donors (Lipinski definition) is 0. The molecule has 0 N–H and O–H groups in total. The Balaban J connectivity index is 3.05. The molecular weight excluding hydrogens is 98.1 g/mol. The highest BCUT2D eigenvalue weighted by Crippen LogP contribution is 1.72. The van der Waals surface area contributed by atoms with Crippen LogP contribution in [-0.4, -0.2) is 0 Å². The van der Waals surface area contributed by atoms with Gasteiger partial charge in [-0.1, -0.05) is 6.07 Å². The molecule has 38 valence electrons. The van der Waals surface area contributed by atoms with Crippen molar-refractivity contribution in [3.05, 3.63) is 30.6 Å². The summed E-state index contributed by atoms with van der Waals surface area (Å²) >= 11 is 0. The summed E-state index contributed by atoms with van der Waals surface area (Å²) in [5.74, 6) is 0. The lowest BCUT2D eigenvalue weighted by atomic mass is 10.5. The van der Waals surface area contributed by atoms with E-state index in [9.17, 15) is 0 Å². The normalized spacial score (nSPS) is 7.88. The van der Waals surface area contributed by atoms with Crippen molar-refractivity contribution in [1.29, 1.82) is 0 Å². The van der Waals surface area contributed by atoms with Gasteiger partial charge in [0.25, 0.3) is 0 Å². The summed E-state index contributed by atoms with van der Waals surface area (Å²) < 4.78 is 1.65. The number of nitrogens with zero attached hydrogens (tertiary/aromatic N) is 1. The highest BCUT2D eigenvalue weighted by Gasteiger charge is 1.84. The summed E-state index contributed by atoms with van der Waals surface area (Å²) in [4.78, 5) is 0. The topological polar surface area (TPSA) is 3.88 Å². The van der Waals surface area contributed by atoms with Crippen LogP contribution >= 0.6 is 0 Å². The summed E-state index contributed by atoms with van der Waals surface area (Å²) in [7, 11) is 0. The van der Waals surface area contributed by atoms with Crippen LogP contribution < -0.4 is 4.57 Å². The molecule has 1 aromatic rings. The van der Waals surface area contributed by atoms with E-state index in [0.29, 0.717) is 0 Å². The predicted octanol–water partition coefficient (Wildman–Crippen LogP) is 0.413. The van der Waals surface area contributed by atoms with Gasteiger partial charge in [0.05, 0.1) is 0 Å². The molecule has 1 nitrogen and oxygen atoms in total. The molecule has 1 heteroatoms. The molecule has 0 amide bonds. The van der Waals surface area contributed by atoms with E-state index in [1.165, 1.54) is 0 Å².